The van der Waals surface area contributed by atoms with Crippen molar-refractivity contribution in [2.45, 2.75) is 31.7 Å². The number of benzene rings is 2. The minimum absolute atomic E-state index is 0.270. The van der Waals surface area contributed by atoms with E-state index in [1.54, 1.807) is 0 Å². The Bertz CT molecular complexity index is 1110. The molecular formula is C23H22N4O. The first-order valence-electron chi connectivity index (χ1n) is 9.86. The van der Waals surface area contributed by atoms with Crippen molar-refractivity contribution >= 4 is 22.2 Å². The first-order chi connectivity index (χ1) is 13.8. The van der Waals surface area contributed by atoms with Crippen LogP contribution >= 0.6 is 0 Å². The van der Waals surface area contributed by atoms with E-state index in [0.717, 1.165) is 60.1 Å². The number of aromatic nitrogens is 2. The third-order valence-electron chi connectivity index (χ3n) is 5.76. The summed E-state index contributed by atoms with van der Waals surface area (Å²) in [5, 5.41) is 21.7. The molecule has 2 aromatic carbocycles. The number of nitrogens with one attached hydrogen (secondary N) is 2. The van der Waals surface area contributed by atoms with Crippen LogP contribution in [0.4, 0.5) is 5.69 Å². The van der Waals surface area contributed by atoms with Gasteiger partial charge < -0.3 is 10.1 Å². The van der Waals surface area contributed by atoms with Crippen LogP contribution in [0.25, 0.3) is 16.5 Å². The Morgan fingerprint density at radius 1 is 1.18 bits per heavy atom. The summed E-state index contributed by atoms with van der Waals surface area (Å²) in [5.74, 6) is 0. The number of nitrogens with zero attached hydrogens (tertiary/aromatic N) is 2. The average molecular weight is 370 g/mol. The number of fused-ring (bicyclic) bond motifs is 2. The fraction of sp³-hybridized carbons (Fsp3) is 0.304. The minimum atomic E-state index is 0.270. The first kappa shape index (κ1) is 17.0. The van der Waals surface area contributed by atoms with Crippen LogP contribution in [0, 0.1) is 11.3 Å². The minimum Gasteiger partial charge on any atom is -0.378 e. The Kier molecular flexibility index (Phi) is 4.34. The fourth-order valence-electron chi connectivity index (χ4n) is 4.33. The van der Waals surface area contributed by atoms with Crippen LogP contribution in [0.15, 0.2) is 42.5 Å². The van der Waals surface area contributed by atoms with Gasteiger partial charge in [0.15, 0.2) is 0 Å². The lowest BCUT2D eigenvalue weighted by atomic mass is 9.86. The lowest BCUT2D eigenvalue weighted by molar-refractivity contribution is 0.161. The van der Waals surface area contributed by atoms with E-state index in [2.05, 4.69) is 51.9 Å². The van der Waals surface area contributed by atoms with Crippen molar-refractivity contribution in [2.24, 2.45) is 0 Å². The van der Waals surface area contributed by atoms with Gasteiger partial charge in [-0.2, -0.15) is 10.4 Å². The number of hydrogen-bond donors (Lipinski definition) is 2. The van der Waals surface area contributed by atoms with Gasteiger partial charge in [-0.25, -0.2) is 0 Å². The molecule has 1 aromatic heterocycles. The van der Waals surface area contributed by atoms with Crippen molar-refractivity contribution in [1.82, 2.24) is 10.2 Å². The predicted molar refractivity (Wildman–Crippen MR) is 110 cm³/mol. The van der Waals surface area contributed by atoms with Crippen molar-refractivity contribution in [3.05, 3.63) is 64.9 Å². The van der Waals surface area contributed by atoms with Crippen LogP contribution in [-0.2, 0) is 11.2 Å². The number of rotatable bonds is 3. The summed E-state index contributed by atoms with van der Waals surface area (Å²) in [6.45, 7) is 1.41. The molecule has 5 rings (SSSR count). The molecule has 5 nitrogen and oxygen atoms in total. The lowest BCUT2D eigenvalue weighted by Crippen LogP contribution is -2.17. The molecule has 0 saturated heterocycles. The molecule has 5 heteroatoms. The summed E-state index contributed by atoms with van der Waals surface area (Å²) in [6.07, 6.45) is 6.30. The molecule has 1 aliphatic carbocycles. The van der Waals surface area contributed by atoms with Gasteiger partial charge >= 0.3 is 0 Å². The average Bonchev–Trinajstić information content (AvgIpc) is 3.17. The summed E-state index contributed by atoms with van der Waals surface area (Å²) < 4.78 is 5.44. The number of nitriles is 1. The van der Waals surface area contributed by atoms with Gasteiger partial charge in [0.2, 0.25) is 0 Å². The van der Waals surface area contributed by atoms with Crippen LogP contribution in [0.5, 0.6) is 0 Å². The molecule has 0 radical (unpaired) electrons. The van der Waals surface area contributed by atoms with E-state index < -0.39 is 0 Å². The summed E-state index contributed by atoms with van der Waals surface area (Å²) in [5.41, 5.74) is 7.78. The molecule has 0 saturated carbocycles. The van der Waals surface area contributed by atoms with Gasteiger partial charge in [-0.1, -0.05) is 12.1 Å². The summed E-state index contributed by atoms with van der Waals surface area (Å²) in [7, 11) is 0. The molecule has 2 aliphatic rings. The van der Waals surface area contributed by atoms with Gasteiger partial charge in [0, 0.05) is 11.1 Å². The molecular weight excluding hydrogens is 348 g/mol. The van der Waals surface area contributed by atoms with Crippen LogP contribution < -0.4 is 5.32 Å². The molecule has 1 atom stereocenters. The smallest absolute Gasteiger partial charge is 0.0991 e. The highest BCUT2D eigenvalue weighted by atomic mass is 16.5. The van der Waals surface area contributed by atoms with Crippen molar-refractivity contribution < 1.29 is 4.74 Å². The topological polar surface area (TPSA) is 73.7 Å². The van der Waals surface area contributed by atoms with E-state index in [1.807, 2.05) is 12.1 Å². The third-order valence-corrected chi connectivity index (χ3v) is 5.76. The molecule has 3 aromatic rings. The van der Waals surface area contributed by atoms with Crippen LogP contribution in [0.1, 0.15) is 47.7 Å². The van der Waals surface area contributed by atoms with Gasteiger partial charge in [-0.3, -0.25) is 5.10 Å². The second kappa shape index (κ2) is 7.14. The number of H-pyrrole nitrogens is 1. The molecule has 1 aliphatic heterocycles. The largest absolute Gasteiger partial charge is 0.378 e. The second-order valence-corrected chi connectivity index (χ2v) is 7.50. The monoisotopic (exact) mass is 370 g/mol. The number of hydrogen-bond acceptors (Lipinski definition) is 4. The highest BCUT2D eigenvalue weighted by Gasteiger charge is 2.21. The van der Waals surface area contributed by atoms with Gasteiger partial charge in [-0.15, -0.1) is 0 Å². The lowest BCUT2D eigenvalue weighted by Gasteiger charge is -2.27. The Morgan fingerprint density at radius 2 is 2.14 bits per heavy atom. The molecule has 0 fully saturated rings. The maximum Gasteiger partial charge on any atom is 0.0991 e. The van der Waals surface area contributed by atoms with Crippen molar-refractivity contribution in [3.8, 4) is 6.07 Å². The van der Waals surface area contributed by atoms with E-state index in [1.165, 1.54) is 16.7 Å². The summed E-state index contributed by atoms with van der Waals surface area (Å²) in [6, 6.07) is 15.0. The van der Waals surface area contributed by atoms with E-state index in [4.69, 9.17) is 10.00 Å². The highest BCUT2D eigenvalue weighted by Crippen LogP contribution is 2.35. The Labute approximate surface area is 164 Å². The van der Waals surface area contributed by atoms with Gasteiger partial charge in [0.25, 0.3) is 0 Å². The zero-order valence-electron chi connectivity index (χ0n) is 15.7. The second-order valence-electron chi connectivity index (χ2n) is 7.50. The Hall–Kier alpha value is -3.10. The summed E-state index contributed by atoms with van der Waals surface area (Å²) >= 11 is 0. The van der Waals surface area contributed by atoms with E-state index >= 15 is 0 Å². The normalized spacial score (nSPS) is 19.0. The molecule has 0 spiro atoms. The quantitative estimate of drug-likeness (QED) is 0.699. The molecule has 2 heterocycles. The molecule has 1 unspecified atom stereocenters. The zero-order valence-corrected chi connectivity index (χ0v) is 15.7. The standard InChI is InChI=1S/C23H22N4O/c24-14-15-4-6-19-17(12-15)2-1-3-21(19)25-18-5-7-22-20(13-18)23(27-26-22)16-8-10-28-11-9-16/h4-8,12-13,21,25H,1-3,9-11H2,(H,26,27). The molecule has 140 valence electrons. The predicted octanol–water partition coefficient (Wildman–Crippen LogP) is 4.73. The number of aryl methyl sites for hydroxylation is 1. The first-order valence-corrected chi connectivity index (χ1v) is 9.86. The van der Waals surface area contributed by atoms with Crippen molar-refractivity contribution in [3.63, 3.8) is 0 Å². The van der Waals surface area contributed by atoms with Crippen LogP contribution in [0.3, 0.4) is 0 Å². The van der Waals surface area contributed by atoms with E-state index in [0.29, 0.717) is 6.61 Å². The van der Waals surface area contributed by atoms with Crippen molar-refractivity contribution in [1.29, 1.82) is 5.26 Å². The Balaban J connectivity index is 1.46. The number of ether oxygens (including phenoxy) is 1. The maximum absolute atomic E-state index is 9.17. The van der Waals surface area contributed by atoms with Crippen LogP contribution in [-0.4, -0.2) is 23.4 Å². The zero-order chi connectivity index (χ0) is 18.9. The van der Waals surface area contributed by atoms with E-state index in [-0.39, 0.29) is 6.04 Å². The Morgan fingerprint density at radius 3 is 3.00 bits per heavy atom. The summed E-state index contributed by atoms with van der Waals surface area (Å²) in [4.78, 5) is 0. The highest BCUT2D eigenvalue weighted by molar-refractivity contribution is 5.92. The van der Waals surface area contributed by atoms with Gasteiger partial charge in [0.1, 0.15) is 0 Å². The van der Waals surface area contributed by atoms with Gasteiger partial charge in [-0.05, 0) is 72.7 Å². The third kappa shape index (κ3) is 3.06. The fourth-order valence-corrected chi connectivity index (χ4v) is 4.33. The SMILES string of the molecule is N#Cc1ccc2c(c1)CCCC2Nc1ccc2[nH]nc(C3=CCOCC3)c2c1. The van der Waals surface area contributed by atoms with Crippen LogP contribution in [0.2, 0.25) is 0 Å². The molecule has 0 bridgehead atoms. The van der Waals surface area contributed by atoms with Crippen molar-refractivity contribution in [2.75, 3.05) is 18.5 Å². The van der Waals surface area contributed by atoms with E-state index in [9.17, 15) is 0 Å². The molecule has 2 N–H and O–H groups in total. The number of anilines is 1. The molecule has 0 amide bonds. The maximum atomic E-state index is 9.17. The van der Waals surface area contributed by atoms with Gasteiger partial charge in [0.05, 0.1) is 42.1 Å². The molecule has 28 heavy (non-hydrogen) atoms. The number of aromatic amines is 1.